The van der Waals surface area contributed by atoms with E-state index in [1.165, 1.54) is 0 Å². The van der Waals surface area contributed by atoms with Gasteiger partial charge in [-0.1, -0.05) is 40.2 Å². The van der Waals surface area contributed by atoms with Gasteiger partial charge in [0, 0.05) is 34.9 Å². The normalized spacial score (nSPS) is 14.8. The van der Waals surface area contributed by atoms with E-state index >= 15 is 0 Å². The number of hydrogen-bond acceptors (Lipinski definition) is 2. The van der Waals surface area contributed by atoms with Crippen molar-refractivity contribution < 1.29 is 9.59 Å². The lowest BCUT2D eigenvalue weighted by molar-refractivity contribution is -0.121. The number of hydrogen-bond donors (Lipinski definition) is 2. The highest BCUT2D eigenvalue weighted by Crippen LogP contribution is 2.22. The Hall–Kier alpha value is -2.34. The van der Waals surface area contributed by atoms with Crippen LogP contribution in [0, 0.1) is 5.92 Å². The van der Waals surface area contributed by atoms with Crippen molar-refractivity contribution >= 4 is 39.2 Å². The van der Waals surface area contributed by atoms with Crippen LogP contribution in [-0.2, 0) is 4.79 Å². The van der Waals surface area contributed by atoms with E-state index in [0.717, 1.165) is 15.8 Å². The Labute approximate surface area is 155 Å². The molecule has 0 saturated carbocycles. The van der Waals surface area contributed by atoms with Gasteiger partial charge < -0.3 is 15.5 Å². The Kier molecular flexibility index (Phi) is 5.71. The van der Waals surface area contributed by atoms with Gasteiger partial charge in [0.1, 0.15) is 0 Å². The van der Waals surface area contributed by atoms with E-state index in [0.29, 0.717) is 25.9 Å². The Morgan fingerprint density at radius 3 is 2.28 bits per heavy atom. The molecular weight excluding hydrogens is 382 g/mol. The molecule has 0 spiro atoms. The maximum Gasteiger partial charge on any atom is 0.321 e. The summed E-state index contributed by atoms with van der Waals surface area (Å²) in [7, 11) is 0. The highest BCUT2D eigenvalue weighted by atomic mass is 79.9. The number of benzene rings is 2. The SMILES string of the molecule is O=C(Nc1cccc(Br)c1)C1CCN(C(=O)Nc2ccccc2)CC1. The second kappa shape index (κ2) is 8.16. The smallest absolute Gasteiger partial charge is 0.321 e. The van der Waals surface area contributed by atoms with E-state index in [1.807, 2.05) is 54.6 Å². The minimum atomic E-state index is -0.114. The van der Waals surface area contributed by atoms with Crippen LogP contribution in [0.2, 0.25) is 0 Å². The fraction of sp³-hybridized carbons (Fsp3) is 0.263. The summed E-state index contributed by atoms with van der Waals surface area (Å²) in [6.07, 6.45) is 1.34. The van der Waals surface area contributed by atoms with Gasteiger partial charge >= 0.3 is 6.03 Å². The molecule has 1 aliphatic rings. The monoisotopic (exact) mass is 401 g/mol. The van der Waals surface area contributed by atoms with Crippen LogP contribution >= 0.6 is 15.9 Å². The summed E-state index contributed by atoms with van der Waals surface area (Å²) < 4.78 is 0.928. The maximum absolute atomic E-state index is 12.4. The number of carbonyl (C=O) groups excluding carboxylic acids is 2. The molecule has 3 rings (SSSR count). The van der Waals surface area contributed by atoms with Gasteiger partial charge in [0.05, 0.1) is 0 Å². The molecule has 130 valence electrons. The molecule has 1 saturated heterocycles. The van der Waals surface area contributed by atoms with Gasteiger partial charge in [0.2, 0.25) is 5.91 Å². The molecule has 2 N–H and O–H groups in total. The molecule has 0 aliphatic carbocycles. The minimum Gasteiger partial charge on any atom is -0.326 e. The van der Waals surface area contributed by atoms with Gasteiger partial charge in [-0.05, 0) is 43.2 Å². The Balaban J connectivity index is 1.49. The molecule has 1 heterocycles. The average Bonchev–Trinajstić information content (AvgIpc) is 2.62. The van der Waals surface area contributed by atoms with Crippen LogP contribution in [0.1, 0.15) is 12.8 Å². The summed E-state index contributed by atoms with van der Waals surface area (Å²) in [5.74, 6) is -0.0547. The highest BCUT2D eigenvalue weighted by molar-refractivity contribution is 9.10. The van der Waals surface area contributed by atoms with Crippen LogP contribution < -0.4 is 10.6 Å². The molecule has 0 atom stereocenters. The van der Waals surface area contributed by atoms with Crippen LogP contribution in [0.5, 0.6) is 0 Å². The molecule has 1 aliphatic heterocycles. The summed E-state index contributed by atoms with van der Waals surface area (Å²) in [6.45, 7) is 1.16. The second-order valence-corrected chi connectivity index (χ2v) is 6.97. The van der Waals surface area contributed by atoms with E-state index in [9.17, 15) is 9.59 Å². The van der Waals surface area contributed by atoms with Crippen LogP contribution in [0.15, 0.2) is 59.1 Å². The lowest BCUT2D eigenvalue weighted by Gasteiger charge is -2.31. The van der Waals surface area contributed by atoms with Crippen molar-refractivity contribution in [3.8, 4) is 0 Å². The lowest BCUT2D eigenvalue weighted by Crippen LogP contribution is -2.43. The summed E-state index contributed by atoms with van der Waals surface area (Å²) in [5, 5.41) is 5.83. The lowest BCUT2D eigenvalue weighted by atomic mass is 9.96. The molecule has 25 heavy (non-hydrogen) atoms. The number of nitrogens with zero attached hydrogens (tertiary/aromatic N) is 1. The quantitative estimate of drug-likeness (QED) is 0.803. The van der Waals surface area contributed by atoms with Gasteiger partial charge in [-0.15, -0.1) is 0 Å². The van der Waals surface area contributed by atoms with Gasteiger partial charge in [-0.3, -0.25) is 4.79 Å². The molecule has 0 unspecified atom stereocenters. The molecule has 3 amide bonds. The Bertz CT molecular complexity index is 743. The first-order valence-corrected chi connectivity index (χ1v) is 9.08. The molecule has 0 bridgehead atoms. The van der Waals surface area contributed by atoms with Crippen LogP contribution in [0.4, 0.5) is 16.2 Å². The Morgan fingerprint density at radius 2 is 1.60 bits per heavy atom. The predicted molar refractivity (Wildman–Crippen MR) is 103 cm³/mol. The van der Waals surface area contributed by atoms with E-state index in [2.05, 4.69) is 26.6 Å². The average molecular weight is 402 g/mol. The first-order chi connectivity index (χ1) is 12.1. The van der Waals surface area contributed by atoms with Gasteiger partial charge in [0.15, 0.2) is 0 Å². The van der Waals surface area contributed by atoms with E-state index in [4.69, 9.17) is 0 Å². The van der Waals surface area contributed by atoms with E-state index < -0.39 is 0 Å². The number of amides is 3. The first-order valence-electron chi connectivity index (χ1n) is 8.29. The van der Waals surface area contributed by atoms with E-state index in [-0.39, 0.29) is 17.9 Å². The molecule has 2 aromatic rings. The van der Waals surface area contributed by atoms with Gasteiger partial charge in [-0.2, -0.15) is 0 Å². The van der Waals surface area contributed by atoms with Crippen molar-refractivity contribution in [1.82, 2.24) is 4.90 Å². The number of piperidine rings is 1. The first kappa shape index (κ1) is 17.5. The standard InChI is InChI=1S/C19H20BrN3O2/c20-15-5-4-8-17(13-15)21-18(24)14-9-11-23(12-10-14)19(25)22-16-6-2-1-3-7-16/h1-8,13-14H,9-12H2,(H,21,24)(H,22,25). The third kappa shape index (κ3) is 4.82. The highest BCUT2D eigenvalue weighted by Gasteiger charge is 2.27. The zero-order valence-electron chi connectivity index (χ0n) is 13.7. The topological polar surface area (TPSA) is 61.4 Å². The number of urea groups is 1. The summed E-state index contributed by atoms with van der Waals surface area (Å²) in [6, 6.07) is 16.8. The molecular formula is C19H20BrN3O2. The number of para-hydroxylation sites is 1. The Morgan fingerprint density at radius 1 is 0.920 bits per heavy atom. The molecule has 0 aromatic heterocycles. The molecule has 5 nitrogen and oxygen atoms in total. The summed E-state index contributed by atoms with van der Waals surface area (Å²) in [5.41, 5.74) is 1.56. The zero-order chi connectivity index (χ0) is 17.6. The van der Waals surface area contributed by atoms with Crippen LogP contribution in [-0.4, -0.2) is 29.9 Å². The predicted octanol–water partition coefficient (Wildman–Crippen LogP) is 4.33. The number of anilines is 2. The van der Waals surface area contributed by atoms with Crippen LogP contribution in [0.3, 0.4) is 0 Å². The zero-order valence-corrected chi connectivity index (χ0v) is 15.3. The molecule has 2 aromatic carbocycles. The number of nitrogens with one attached hydrogen (secondary N) is 2. The van der Waals surface area contributed by atoms with Crippen LogP contribution in [0.25, 0.3) is 0 Å². The van der Waals surface area contributed by atoms with Crippen molar-refractivity contribution in [1.29, 1.82) is 0 Å². The number of carbonyl (C=O) groups is 2. The van der Waals surface area contributed by atoms with Crippen molar-refractivity contribution in [2.24, 2.45) is 5.92 Å². The van der Waals surface area contributed by atoms with Gasteiger partial charge in [-0.25, -0.2) is 4.79 Å². The van der Waals surface area contributed by atoms with Crippen molar-refractivity contribution in [2.45, 2.75) is 12.8 Å². The van der Waals surface area contributed by atoms with Crippen molar-refractivity contribution in [3.05, 3.63) is 59.1 Å². The fourth-order valence-electron chi connectivity index (χ4n) is 2.88. The van der Waals surface area contributed by atoms with Gasteiger partial charge in [0.25, 0.3) is 0 Å². The maximum atomic E-state index is 12.4. The van der Waals surface area contributed by atoms with E-state index in [1.54, 1.807) is 4.90 Å². The van der Waals surface area contributed by atoms with Crippen molar-refractivity contribution in [2.75, 3.05) is 23.7 Å². The summed E-state index contributed by atoms with van der Waals surface area (Å²) >= 11 is 3.40. The number of halogens is 1. The number of likely N-dealkylation sites (tertiary alicyclic amines) is 1. The molecule has 6 heteroatoms. The van der Waals surface area contributed by atoms with Crippen molar-refractivity contribution in [3.63, 3.8) is 0 Å². The molecule has 1 fully saturated rings. The molecule has 0 radical (unpaired) electrons. The largest absolute Gasteiger partial charge is 0.326 e. The third-order valence-electron chi connectivity index (χ3n) is 4.27. The number of rotatable bonds is 3. The minimum absolute atomic E-state index is 0.0150. The second-order valence-electron chi connectivity index (χ2n) is 6.06. The third-order valence-corrected chi connectivity index (χ3v) is 4.76. The summed E-state index contributed by atoms with van der Waals surface area (Å²) in [4.78, 5) is 26.4. The fourth-order valence-corrected chi connectivity index (χ4v) is 3.28.